The standard InChI is InChI=1S/C15H15BrN2O2/c1-2-18(11-4-3-5-12(19)9-11)15(20)10-6-7-14(17)13(16)8-10/h3-9,19H,2,17H2,1H3. The first-order valence-electron chi connectivity index (χ1n) is 6.19. The van der Waals surface area contributed by atoms with Crippen molar-refractivity contribution < 1.29 is 9.90 Å². The molecule has 0 radical (unpaired) electrons. The molecule has 3 N–H and O–H groups in total. The molecule has 0 bridgehead atoms. The van der Waals surface area contributed by atoms with E-state index in [-0.39, 0.29) is 11.7 Å². The predicted octanol–water partition coefficient (Wildman–Crippen LogP) is 3.40. The third-order valence-electron chi connectivity index (χ3n) is 2.95. The average molecular weight is 335 g/mol. The molecule has 2 aromatic carbocycles. The molecular formula is C15H15BrN2O2. The molecule has 0 aliphatic rings. The summed E-state index contributed by atoms with van der Waals surface area (Å²) in [5.41, 5.74) is 7.50. The van der Waals surface area contributed by atoms with Crippen molar-refractivity contribution in [2.75, 3.05) is 17.2 Å². The van der Waals surface area contributed by atoms with Gasteiger partial charge >= 0.3 is 0 Å². The van der Waals surface area contributed by atoms with Gasteiger partial charge in [0.25, 0.3) is 5.91 Å². The number of hydrogen-bond acceptors (Lipinski definition) is 3. The highest BCUT2D eigenvalue weighted by atomic mass is 79.9. The van der Waals surface area contributed by atoms with Crippen LogP contribution in [0.4, 0.5) is 11.4 Å². The zero-order chi connectivity index (χ0) is 14.7. The smallest absolute Gasteiger partial charge is 0.258 e. The average Bonchev–Trinajstić information content (AvgIpc) is 2.42. The van der Waals surface area contributed by atoms with Gasteiger partial charge in [-0.1, -0.05) is 6.07 Å². The molecule has 1 amide bonds. The van der Waals surface area contributed by atoms with Gasteiger partial charge in [-0.25, -0.2) is 0 Å². The van der Waals surface area contributed by atoms with Crippen LogP contribution in [-0.4, -0.2) is 17.6 Å². The van der Waals surface area contributed by atoms with Gasteiger partial charge in [-0.05, 0) is 53.2 Å². The van der Waals surface area contributed by atoms with Crippen molar-refractivity contribution >= 4 is 33.2 Å². The summed E-state index contributed by atoms with van der Waals surface area (Å²) < 4.78 is 0.690. The number of phenolic OH excluding ortho intramolecular Hbond substituents is 1. The fraction of sp³-hybridized carbons (Fsp3) is 0.133. The number of nitrogens with two attached hydrogens (primary N) is 1. The predicted molar refractivity (Wildman–Crippen MR) is 84.0 cm³/mol. The molecule has 0 saturated heterocycles. The Morgan fingerprint density at radius 2 is 2.05 bits per heavy atom. The highest BCUT2D eigenvalue weighted by Crippen LogP contribution is 2.25. The molecular weight excluding hydrogens is 320 g/mol. The number of phenols is 1. The Kier molecular flexibility index (Phi) is 4.29. The minimum absolute atomic E-state index is 0.132. The topological polar surface area (TPSA) is 66.6 Å². The van der Waals surface area contributed by atoms with Crippen LogP contribution < -0.4 is 10.6 Å². The molecule has 104 valence electrons. The third-order valence-corrected chi connectivity index (χ3v) is 3.64. The number of hydrogen-bond donors (Lipinski definition) is 2. The largest absolute Gasteiger partial charge is 0.508 e. The first-order chi connectivity index (χ1) is 9.52. The van der Waals surface area contributed by atoms with E-state index in [1.807, 2.05) is 6.92 Å². The lowest BCUT2D eigenvalue weighted by molar-refractivity contribution is 0.0988. The Labute approximate surface area is 126 Å². The minimum atomic E-state index is -0.140. The van der Waals surface area contributed by atoms with Crippen LogP contribution in [0.3, 0.4) is 0 Å². The first-order valence-corrected chi connectivity index (χ1v) is 6.98. The molecule has 20 heavy (non-hydrogen) atoms. The van der Waals surface area contributed by atoms with Crippen LogP contribution in [0.2, 0.25) is 0 Å². The fourth-order valence-corrected chi connectivity index (χ4v) is 2.30. The number of carbonyl (C=O) groups is 1. The molecule has 0 heterocycles. The number of amides is 1. The van der Waals surface area contributed by atoms with Gasteiger partial charge in [0.1, 0.15) is 5.75 Å². The van der Waals surface area contributed by atoms with E-state index in [9.17, 15) is 9.90 Å². The van der Waals surface area contributed by atoms with Crippen LogP contribution in [0.15, 0.2) is 46.9 Å². The Morgan fingerprint density at radius 3 is 2.65 bits per heavy atom. The van der Waals surface area contributed by atoms with Gasteiger partial charge in [-0.15, -0.1) is 0 Å². The van der Waals surface area contributed by atoms with Crippen molar-refractivity contribution in [3.05, 3.63) is 52.5 Å². The highest BCUT2D eigenvalue weighted by Gasteiger charge is 2.17. The van der Waals surface area contributed by atoms with Crippen LogP contribution in [0, 0.1) is 0 Å². The number of benzene rings is 2. The first kappa shape index (κ1) is 14.4. The maximum Gasteiger partial charge on any atom is 0.258 e. The molecule has 0 spiro atoms. The summed E-state index contributed by atoms with van der Waals surface area (Å²) in [4.78, 5) is 14.1. The van der Waals surface area contributed by atoms with E-state index in [4.69, 9.17) is 5.73 Å². The second kappa shape index (κ2) is 5.96. The van der Waals surface area contributed by atoms with Gasteiger partial charge in [-0.2, -0.15) is 0 Å². The number of aromatic hydroxyl groups is 1. The van der Waals surface area contributed by atoms with Crippen LogP contribution in [-0.2, 0) is 0 Å². The summed E-state index contributed by atoms with van der Waals surface area (Å²) in [5, 5.41) is 9.53. The van der Waals surface area contributed by atoms with Gasteiger partial charge in [0.05, 0.1) is 0 Å². The molecule has 0 atom stereocenters. The lowest BCUT2D eigenvalue weighted by atomic mass is 10.1. The van der Waals surface area contributed by atoms with E-state index in [0.29, 0.717) is 28.0 Å². The second-order valence-electron chi connectivity index (χ2n) is 4.31. The summed E-state index contributed by atoms with van der Waals surface area (Å²) in [6.07, 6.45) is 0. The van der Waals surface area contributed by atoms with E-state index in [2.05, 4.69) is 15.9 Å². The third kappa shape index (κ3) is 2.93. The molecule has 5 heteroatoms. The lowest BCUT2D eigenvalue weighted by Crippen LogP contribution is -2.30. The van der Waals surface area contributed by atoms with Crippen LogP contribution in [0.1, 0.15) is 17.3 Å². The molecule has 2 aromatic rings. The van der Waals surface area contributed by atoms with Crippen molar-refractivity contribution in [1.29, 1.82) is 0 Å². The van der Waals surface area contributed by atoms with Gasteiger partial charge in [-0.3, -0.25) is 4.79 Å². The van der Waals surface area contributed by atoms with Crippen molar-refractivity contribution in [3.63, 3.8) is 0 Å². The minimum Gasteiger partial charge on any atom is -0.508 e. The van der Waals surface area contributed by atoms with E-state index >= 15 is 0 Å². The van der Waals surface area contributed by atoms with Crippen molar-refractivity contribution in [1.82, 2.24) is 0 Å². The maximum atomic E-state index is 12.5. The summed E-state index contributed by atoms with van der Waals surface area (Å²) in [7, 11) is 0. The van der Waals surface area contributed by atoms with Gasteiger partial charge in [0, 0.05) is 34.0 Å². The summed E-state index contributed by atoms with van der Waals surface area (Å²) in [6.45, 7) is 2.39. The van der Waals surface area contributed by atoms with E-state index in [0.717, 1.165) is 0 Å². The monoisotopic (exact) mass is 334 g/mol. The van der Waals surface area contributed by atoms with Gasteiger partial charge in [0.15, 0.2) is 0 Å². The van der Waals surface area contributed by atoms with E-state index in [1.54, 1.807) is 47.4 Å². The zero-order valence-corrected chi connectivity index (χ0v) is 12.6. The molecule has 4 nitrogen and oxygen atoms in total. The summed E-state index contributed by atoms with van der Waals surface area (Å²) in [5.74, 6) is -0.00830. The zero-order valence-electron chi connectivity index (χ0n) is 11.0. The van der Waals surface area contributed by atoms with Crippen molar-refractivity contribution in [2.24, 2.45) is 0 Å². The number of halogens is 1. The van der Waals surface area contributed by atoms with Gasteiger partial charge in [0.2, 0.25) is 0 Å². The van der Waals surface area contributed by atoms with E-state index in [1.165, 1.54) is 0 Å². The SMILES string of the molecule is CCN(C(=O)c1ccc(N)c(Br)c1)c1cccc(O)c1. The number of carbonyl (C=O) groups excluding carboxylic acids is 1. The van der Waals surface area contributed by atoms with Crippen LogP contribution >= 0.6 is 15.9 Å². The molecule has 0 aliphatic heterocycles. The summed E-state index contributed by atoms with van der Waals surface area (Å²) in [6, 6.07) is 11.7. The number of nitrogens with zero attached hydrogens (tertiary/aromatic N) is 1. The number of anilines is 2. The number of nitrogen functional groups attached to an aromatic ring is 1. The molecule has 0 unspecified atom stereocenters. The highest BCUT2D eigenvalue weighted by molar-refractivity contribution is 9.10. The van der Waals surface area contributed by atoms with E-state index < -0.39 is 0 Å². The van der Waals surface area contributed by atoms with Gasteiger partial charge < -0.3 is 15.7 Å². The Hall–Kier alpha value is -2.01. The molecule has 0 saturated carbocycles. The Bertz CT molecular complexity index is 644. The Morgan fingerprint density at radius 1 is 1.30 bits per heavy atom. The second-order valence-corrected chi connectivity index (χ2v) is 5.16. The van der Waals surface area contributed by atoms with Crippen LogP contribution in [0.5, 0.6) is 5.75 Å². The van der Waals surface area contributed by atoms with Crippen molar-refractivity contribution in [3.8, 4) is 5.75 Å². The maximum absolute atomic E-state index is 12.5. The Balaban J connectivity index is 2.36. The quantitative estimate of drug-likeness (QED) is 0.845. The molecule has 0 aromatic heterocycles. The molecule has 0 aliphatic carbocycles. The van der Waals surface area contributed by atoms with Crippen molar-refractivity contribution in [2.45, 2.75) is 6.92 Å². The summed E-state index contributed by atoms with van der Waals surface area (Å²) >= 11 is 3.32. The molecule has 0 fully saturated rings. The number of rotatable bonds is 3. The normalized spacial score (nSPS) is 10.3. The fourth-order valence-electron chi connectivity index (χ4n) is 1.92. The molecule has 2 rings (SSSR count). The van der Waals surface area contributed by atoms with Crippen LogP contribution in [0.25, 0.3) is 0 Å². The lowest BCUT2D eigenvalue weighted by Gasteiger charge is -2.21.